The van der Waals surface area contributed by atoms with Crippen LogP contribution in [0.2, 0.25) is 0 Å². The molecule has 74 valence electrons. The summed E-state index contributed by atoms with van der Waals surface area (Å²) in [6.45, 7) is 4.03. The Kier molecular flexibility index (Phi) is 4.08. The largest absolute Gasteiger partial charge is 0.397 e. The van der Waals surface area contributed by atoms with Gasteiger partial charge in [0.2, 0.25) is 0 Å². The summed E-state index contributed by atoms with van der Waals surface area (Å²) in [5, 5.41) is 8.81. The lowest BCUT2D eigenvalue weighted by Gasteiger charge is -1.97. The lowest BCUT2D eigenvalue weighted by molar-refractivity contribution is 0.318. The van der Waals surface area contributed by atoms with Gasteiger partial charge >= 0.3 is 0 Å². The number of pyridine rings is 1. The third kappa shape index (κ3) is 2.54. The van der Waals surface area contributed by atoms with Crippen molar-refractivity contribution in [1.29, 1.82) is 0 Å². The molecule has 1 N–H and O–H groups in total. The van der Waals surface area contributed by atoms with E-state index < -0.39 is 0 Å². The van der Waals surface area contributed by atoms with E-state index in [1.165, 1.54) is 10.9 Å². The topological polar surface area (TPSA) is 33.1 Å². The van der Waals surface area contributed by atoms with Crippen LogP contribution in [-0.4, -0.2) is 16.7 Å². The van der Waals surface area contributed by atoms with Crippen LogP contribution < -0.4 is 0 Å². The monoisotopic (exact) mass is 189 g/mol. The smallest absolute Gasteiger partial charge is 0.0704 e. The van der Waals surface area contributed by atoms with Gasteiger partial charge in [-0.3, -0.25) is 4.98 Å². The Morgan fingerprint density at radius 1 is 1.21 bits per heavy atom. The van der Waals surface area contributed by atoms with Crippen molar-refractivity contribution in [3.63, 3.8) is 0 Å². The molecular formula is C12H15NO. The van der Waals surface area contributed by atoms with Gasteiger partial charge in [-0.05, 0) is 31.5 Å². The highest BCUT2D eigenvalue weighted by atomic mass is 16.2. The molecule has 0 aliphatic carbocycles. The van der Waals surface area contributed by atoms with Crippen LogP contribution in [0.15, 0.2) is 36.5 Å². The van der Waals surface area contributed by atoms with Gasteiger partial charge in [0, 0.05) is 18.2 Å². The average Bonchev–Trinajstić information content (AvgIpc) is 2.20. The van der Waals surface area contributed by atoms with E-state index >= 15 is 0 Å². The predicted molar refractivity (Wildman–Crippen MR) is 59.2 cm³/mol. The first kappa shape index (κ1) is 10.7. The van der Waals surface area contributed by atoms with Gasteiger partial charge in [0.25, 0.3) is 0 Å². The molecule has 0 atom stereocenters. The molecular weight excluding hydrogens is 174 g/mol. The number of fused-ring (bicyclic) bond motifs is 1. The van der Waals surface area contributed by atoms with Gasteiger partial charge in [0.1, 0.15) is 0 Å². The number of benzene rings is 1. The summed E-state index contributed by atoms with van der Waals surface area (Å²) in [5.41, 5.74) is 2.36. The molecule has 0 bridgehead atoms. The predicted octanol–water partition coefficient (Wildman–Crippen LogP) is 2.54. The number of aliphatic hydroxyl groups is 1. The summed E-state index contributed by atoms with van der Waals surface area (Å²) in [7, 11) is 0. The molecule has 2 heteroatoms. The second kappa shape index (κ2) is 5.35. The lowest BCUT2D eigenvalue weighted by Crippen LogP contribution is -1.79. The standard InChI is InChI=1S/C10H9N.C2H6O/c1-8-6-7-11-10-5-3-2-4-9(8)10;1-2-3/h2-7H,1H3;3H,2H2,1H3. The average molecular weight is 189 g/mol. The van der Waals surface area contributed by atoms with Crippen LogP contribution in [0, 0.1) is 6.92 Å². The third-order valence-electron chi connectivity index (χ3n) is 1.87. The molecule has 0 aliphatic heterocycles. The Labute approximate surface area is 84.2 Å². The van der Waals surface area contributed by atoms with E-state index in [2.05, 4.69) is 18.0 Å². The van der Waals surface area contributed by atoms with Crippen LogP contribution in [0.25, 0.3) is 10.9 Å². The zero-order chi connectivity index (χ0) is 10.4. The minimum absolute atomic E-state index is 0.250. The van der Waals surface area contributed by atoms with Crippen molar-refractivity contribution in [2.75, 3.05) is 6.61 Å². The maximum atomic E-state index is 7.57. The molecule has 1 heterocycles. The fraction of sp³-hybridized carbons (Fsp3) is 0.250. The molecule has 2 aromatic rings. The van der Waals surface area contributed by atoms with Crippen LogP contribution in [0.4, 0.5) is 0 Å². The molecule has 1 aromatic heterocycles. The highest BCUT2D eigenvalue weighted by molar-refractivity contribution is 5.81. The quantitative estimate of drug-likeness (QED) is 0.690. The zero-order valence-corrected chi connectivity index (χ0v) is 8.57. The van der Waals surface area contributed by atoms with Crippen molar-refractivity contribution in [3.8, 4) is 0 Å². The number of nitrogens with zero attached hydrogens (tertiary/aromatic N) is 1. The molecule has 14 heavy (non-hydrogen) atoms. The molecule has 2 nitrogen and oxygen atoms in total. The molecule has 0 spiro atoms. The molecule has 0 saturated carbocycles. The second-order valence-electron chi connectivity index (χ2n) is 2.96. The summed E-state index contributed by atoms with van der Waals surface area (Å²) < 4.78 is 0. The molecule has 1 aromatic carbocycles. The van der Waals surface area contributed by atoms with E-state index in [4.69, 9.17) is 5.11 Å². The van der Waals surface area contributed by atoms with E-state index in [0.717, 1.165) is 5.52 Å². The van der Waals surface area contributed by atoms with Crippen LogP contribution in [0.1, 0.15) is 12.5 Å². The summed E-state index contributed by atoms with van der Waals surface area (Å²) in [4.78, 5) is 4.24. The van der Waals surface area contributed by atoms with Gasteiger partial charge < -0.3 is 5.11 Å². The van der Waals surface area contributed by atoms with Crippen molar-refractivity contribution in [1.82, 2.24) is 4.98 Å². The fourth-order valence-electron chi connectivity index (χ4n) is 1.24. The van der Waals surface area contributed by atoms with Crippen molar-refractivity contribution in [3.05, 3.63) is 42.1 Å². The van der Waals surface area contributed by atoms with Crippen LogP contribution in [0.3, 0.4) is 0 Å². The third-order valence-corrected chi connectivity index (χ3v) is 1.87. The molecule has 0 aliphatic rings. The number of aromatic nitrogens is 1. The van der Waals surface area contributed by atoms with Crippen molar-refractivity contribution < 1.29 is 5.11 Å². The summed E-state index contributed by atoms with van der Waals surface area (Å²) in [6, 6.07) is 10.2. The van der Waals surface area contributed by atoms with E-state index in [9.17, 15) is 0 Å². The SMILES string of the molecule is CCO.Cc1ccnc2ccccc12. The van der Waals surface area contributed by atoms with E-state index in [1.807, 2.05) is 30.5 Å². The first-order chi connectivity index (χ1) is 6.79. The first-order valence-electron chi connectivity index (χ1n) is 4.70. The highest BCUT2D eigenvalue weighted by Gasteiger charge is 1.93. The maximum Gasteiger partial charge on any atom is 0.0704 e. The van der Waals surface area contributed by atoms with E-state index in [1.54, 1.807) is 6.92 Å². The summed E-state index contributed by atoms with van der Waals surface area (Å²) in [6.07, 6.45) is 1.84. The van der Waals surface area contributed by atoms with Crippen LogP contribution >= 0.6 is 0 Å². The molecule has 0 unspecified atom stereocenters. The number of aryl methyl sites for hydroxylation is 1. The van der Waals surface area contributed by atoms with Gasteiger partial charge in [-0.25, -0.2) is 0 Å². The van der Waals surface area contributed by atoms with Crippen molar-refractivity contribution in [2.45, 2.75) is 13.8 Å². The maximum absolute atomic E-state index is 7.57. The molecule has 0 radical (unpaired) electrons. The Morgan fingerprint density at radius 3 is 2.50 bits per heavy atom. The molecule has 0 fully saturated rings. The zero-order valence-electron chi connectivity index (χ0n) is 8.57. The normalized spacial score (nSPS) is 9.36. The van der Waals surface area contributed by atoms with Gasteiger partial charge in [0.05, 0.1) is 5.52 Å². The number of rotatable bonds is 0. The molecule has 2 rings (SSSR count). The van der Waals surface area contributed by atoms with Gasteiger partial charge in [-0.2, -0.15) is 0 Å². The highest BCUT2D eigenvalue weighted by Crippen LogP contribution is 2.13. The fourth-order valence-corrected chi connectivity index (χ4v) is 1.24. The Hall–Kier alpha value is -1.41. The van der Waals surface area contributed by atoms with Crippen LogP contribution in [-0.2, 0) is 0 Å². The minimum Gasteiger partial charge on any atom is -0.397 e. The van der Waals surface area contributed by atoms with Gasteiger partial charge in [-0.1, -0.05) is 18.2 Å². The van der Waals surface area contributed by atoms with E-state index in [-0.39, 0.29) is 6.61 Å². The summed E-state index contributed by atoms with van der Waals surface area (Å²) >= 11 is 0. The Balaban J connectivity index is 0.000000293. The van der Waals surface area contributed by atoms with Crippen LogP contribution in [0.5, 0.6) is 0 Å². The lowest BCUT2D eigenvalue weighted by atomic mass is 10.1. The Bertz CT molecular complexity index is 393. The first-order valence-corrected chi connectivity index (χ1v) is 4.70. The van der Waals surface area contributed by atoms with Gasteiger partial charge in [-0.15, -0.1) is 0 Å². The second-order valence-corrected chi connectivity index (χ2v) is 2.96. The Morgan fingerprint density at radius 2 is 1.86 bits per heavy atom. The number of hydrogen-bond acceptors (Lipinski definition) is 2. The molecule has 0 amide bonds. The molecule has 0 saturated heterocycles. The van der Waals surface area contributed by atoms with Crippen molar-refractivity contribution in [2.24, 2.45) is 0 Å². The summed E-state index contributed by atoms with van der Waals surface area (Å²) in [5.74, 6) is 0. The minimum atomic E-state index is 0.250. The number of para-hydroxylation sites is 1. The van der Waals surface area contributed by atoms with E-state index in [0.29, 0.717) is 0 Å². The van der Waals surface area contributed by atoms with Crippen molar-refractivity contribution >= 4 is 10.9 Å². The number of aliphatic hydroxyl groups excluding tert-OH is 1. The van der Waals surface area contributed by atoms with Gasteiger partial charge in [0.15, 0.2) is 0 Å². The number of hydrogen-bond donors (Lipinski definition) is 1.